The van der Waals surface area contributed by atoms with Gasteiger partial charge in [-0.05, 0) is 31.0 Å². The first-order chi connectivity index (χ1) is 12.5. The number of ether oxygens (including phenoxy) is 1. The van der Waals surface area contributed by atoms with Gasteiger partial charge in [0.05, 0.1) is 18.4 Å². The van der Waals surface area contributed by atoms with Crippen molar-refractivity contribution in [3.63, 3.8) is 0 Å². The average Bonchev–Trinajstić information content (AvgIpc) is 2.67. The van der Waals surface area contributed by atoms with Crippen molar-refractivity contribution in [2.75, 3.05) is 19.5 Å². The largest absolute Gasteiger partial charge is 0.496 e. The smallest absolute Gasteiger partial charge is 0.262 e. The molecule has 0 spiro atoms. The van der Waals surface area contributed by atoms with E-state index in [9.17, 15) is 4.79 Å². The van der Waals surface area contributed by atoms with Crippen LogP contribution in [0.1, 0.15) is 37.7 Å². The zero-order valence-corrected chi connectivity index (χ0v) is 16.0. The van der Waals surface area contributed by atoms with Crippen molar-refractivity contribution in [2.24, 2.45) is 5.92 Å². The number of rotatable bonds is 5. The molecule has 1 aromatic carbocycles. The summed E-state index contributed by atoms with van der Waals surface area (Å²) in [6.45, 7) is 0. The maximum Gasteiger partial charge on any atom is 0.262 e. The van der Waals surface area contributed by atoms with Crippen molar-refractivity contribution in [1.82, 2.24) is 9.97 Å². The number of H-pyrrole nitrogens is 1. The molecule has 0 saturated heterocycles. The third kappa shape index (κ3) is 3.62. The van der Waals surface area contributed by atoms with E-state index < -0.39 is 0 Å². The highest BCUT2D eigenvalue weighted by molar-refractivity contribution is 7.80. The Bertz CT molecular complexity index is 872. The second-order valence-electron chi connectivity index (χ2n) is 6.52. The highest BCUT2D eigenvalue weighted by Crippen LogP contribution is 2.31. The molecular weight excluding hydrogens is 348 g/mol. The van der Waals surface area contributed by atoms with E-state index in [-0.39, 0.29) is 11.5 Å². The minimum Gasteiger partial charge on any atom is -0.496 e. The van der Waals surface area contributed by atoms with E-state index in [1.54, 1.807) is 20.2 Å². The molecule has 3 N–H and O–H groups in total. The van der Waals surface area contributed by atoms with Gasteiger partial charge in [0, 0.05) is 17.9 Å². The van der Waals surface area contributed by atoms with E-state index in [1.807, 2.05) is 12.1 Å². The van der Waals surface area contributed by atoms with Gasteiger partial charge >= 0.3 is 0 Å². The maximum absolute atomic E-state index is 12.8. The molecule has 1 saturated carbocycles. The minimum absolute atomic E-state index is 0.127. The Morgan fingerprint density at radius 3 is 2.73 bits per heavy atom. The van der Waals surface area contributed by atoms with Crippen LogP contribution in [-0.4, -0.2) is 29.8 Å². The van der Waals surface area contributed by atoms with Crippen LogP contribution >= 0.6 is 12.6 Å². The quantitative estimate of drug-likeness (QED) is 0.475. The highest BCUT2D eigenvalue weighted by Gasteiger charge is 2.25. The monoisotopic (exact) mass is 372 g/mol. The molecule has 0 radical (unpaired) electrons. The van der Waals surface area contributed by atoms with Crippen LogP contribution in [0.4, 0.5) is 5.82 Å². The third-order valence-corrected chi connectivity index (χ3v) is 5.16. The summed E-state index contributed by atoms with van der Waals surface area (Å²) in [5, 5.41) is 11.5. The third-order valence-electron chi connectivity index (χ3n) is 4.88. The van der Waals surface area contributed by atoms with Gasteiger partial charge < -0.3 is 20.4 Å². The lowest BCUT2D eigenvalue weighted by molar-refractivity contribution is 0.415. The fourth-order valence-corrected chi connectivity index (χ4v) is 3.69. The van der Waals surface area contributed by atoms with Crippen LogP contribution in [-0.2, 0) is 0 Å². The molecule has 26 heavy (non-hydrogen) atoms. The molecule has 138 valence electrons. The van der Waals surface area contributed by atoms with Gasteiger partial charge in [0.25, 0.3) is 5.56 Å². The van der Waals surface area contributed by atoms with E-state index in [0.717, 1.165) is 30.6 Å². The van der Waals surface area contributed by atoms with E-state index in [0.29, 0.717) is 34.2 Å². The fraction of sp³-hybridized carbons (Fsp3) is 0.421. The first-order valence-corrected chi connectivity index (χ1v) is 9.28. The van der Waals surface area contributed by atoms with Crippen LogP contribution < -0.4 is 15.6 Å². The van der Waals surface area contributed by atoms with Crippen molar-refractivity contribution in [3.05, 3.63) is 34.1 Å². The summed E-state index contributed by atoms with van der Waals surface area (Å²) in [4.78, 5) is 21.0. The average molecular weight is 372 g/mol. The molecule has 0 bridgehead atoms. The zero-order valence-electron chi connectivity index (χ0n) is 15.1. The molecule has 3 rings (SSSR count). The molecule has 1 aliphatic carbocycles. The number of methoxy groups -OCH3 is 1. The van der Waals surface area contributed by atoms with Crippen molar-refractivity contribution in [1.29, 1.82) is 5.41 Å². The number of thiol groups is 1. The normalized spacial score (nSPS) is 14.9. The first-order valence-electron chi connectivity index (χ1n) is 8.83. The van der Waals surface area contributed by atoms with Crippen molar-refractivity contribution in [3.8, 4) is 17.1 Å². The molecule has 1 fully saturated rings. The van der Waals surface area contributed by atoms with E-state index in [2.05, 4.69) is 27.9 Å². The van der Waals surface area contributed by atoms with Crippen LogP contribution in [0.25, 0.3) is 11.4 Å². The van der Waals surface area contributed by atoms with E-state index >= 15 is 0 Å². The summed E-state index contributed by atoms with van der Waals surface area (Å²) in [6, 6.07) is 5.40. The Kier molecular flexibility index (Phi) is 5.66. The van der Waals surface area contributed by atoms with Gasteiger partial charge in [-0.25, -0.2) is 4.98 Å². The lowest BCUT2D eigenvalue weighted by atomic mass is 9.83. The lowest BCUT2D eigenvalue weighted by Crippen LogP contribution is -2.28. The van der Waals surface area contributed by atoms with Gasteiger partial charge in [0.15, 0.2) is 0 Å². The molecule has 1 aliphatic rings. The predicted molar refractivity (Wildman–Crippen MR) is 107 cm³/mol. The van der Waals surface area contributed by atoms with Gasteiger partial charge in [-0.15, -0.1) is 12.6 Å². The van der Waals surface area contributed by atoms with Crippen molar-refractivity contribution in [2.45, 2.75) is 37.0 Å². The van der Waals surface area contributed by atoms with Crippen LogP contribution in [0.15, 0.2) is 27.9 Å². The molecule has 0 amide bonds. The summed E-state index contributed by atoms with van der Waals surface area (Å²) in [5.41, 5.74) is 1.10. The molecule has 0 unspecified atom stereocenters. The zero-order chi connectivity index (χ0) is 18.7. The summed E-state index contributed by atoms with van der Waals surface area (Å²) in [5.74, 6) is 1.54. The number of hydrogen-bond donors (Lipinski definition) is 4. The summed E-state index contributed by atoms with van der Waals surface area (Å²) < 4.78 is 5.39. The molecule has 6 nitrogen and oxygen atoms in total. The van der Waals surface area contributed by atoms with Crippen LogP contribution in [0.3, 0.4) is 0 Å². The van der Waals surface area contributed by atoms with Crippen LogP contribution in [0.2, 0.25) is 0 Å². The Balaban J connectivity index is 2.05. The Labute approximate surface area is 158 Å². The second kappa shape index (κ2) is 7.95. The number of aromatic nitrogens is 2. The lowest BCUT2D eigenvalue weighted by Gasteiger charge is -2.23. The van der Waals surface area contributed by atoms with Gasteiger partial charge in [0.2, 0.25) is 0 Å². The van der Waals surface area contributed by atoms with Crippen LogP contribution in [0.5, 0.6) is 5.75 Å². The molecule has 0 atom stereocenters. The predicted octanol–water partition coefficient (Wildman–Crippen LogP) is 3.72. The first kappa shape index (κ1) is 18.5. The number of anilines is 1. The van der Waals surface area contributed by atoms with Crippen LogP contribution in [0, 0.1) is 11.3 Å². The Morgan fingerprint density at radius 2 is 2.08 bits per heavy atom. The van der Waals surface area contributed by atoms with Crippen molar-refractivity contribution < 1.29 is 4.74 Å². The number of nitrogens with one attached hydrogen (secondary N) is 3. The molecular formula is C19H24N4O2S. The fourth-order valence-electron chi connectivity index (χ4n) is 3.50. The van der Waals surface area contributed by atoms with Gasteiger partial charge in [-0.2, -0.15) is 0 Å². The molecule has 7 heteroatoms. The van der Waals surface area contributed by atoms with E-state index in [4.69, 9.17) is 10.1 Å². The van der Waals surface area contributed by atoms with Gasteiger partial charge in [0.1, 0.15) is 23.0 Å². The minimum atomic E-state index is -0.299. The number of benzene rings is 1. The summed E-state index contributed by atoms with van der Waals surface area (Å²) in [7, 11) is 3.29. The summed E-state index contributed by atoms with van der Waals surface area (Å²) in [6.07, 6.45) is 5.34. The number of aromatic amines is 1. The molecule has 0 aliphatic heterocycles. The number of nitrogens with zero attached hydrogens (tertiary/aromatic N) is 1. The highest BCUT2D eigenvalue weighted by atomic mass is 32.1. The SMILES string of the molecule is CNc1nc(-c2ccc(S)cc2OC)[nH]c(=O)c1C(=N)C1CCCCC1. The topological polar surface area (TPSA) is 90.9 Å². The number of hydrogen-bond acceptors (Lipinski definition) is 6. The maximum atomic E-state index is 12.8. The van der Waals surface area contributed by atoms with Gasteiger partial charge in [-0.1, -0.05) is 19.3 Å². The summed E-state index contributed by atoms with van der Waals surface area (Å²) >= 11 is 4.32. The van der Waals surface area contributed by atoms with Crippen molar-refractivity contribution >= 4 is 24.2 Å². The Morgan fingerprint density at radius 1 is 1.35 bits per heavy atom. The molecule has 1 heterocycles. The second-order valence-corrected chi connectivity index (χ2v) is 7.04. The van der Waals surface area contributed by atoms with Gasteiger partial charge in [-0.3, -0.25) is 4.79 Å². The standard InChI is InChI=1S/C19H24N4O2S/c1-21-18-15(16(20)11-6-4-3-5-7-11)19(24)23-17(22-18)13-9-8-12(26)10-14(13)25-2/h8-11,20,26H,3-7H2,1-2H3,(H2,21,22,23,24). The van der Waals surface area contributed by atoms with E-state index in [1.165, 1.54) is 6.42 Å². The molecule has 1 aromatic heterocycles. The Hall–Kier alpha value is -2.28. The molecule has 2 aromatic rings.